The number of benzene rings is 1. The summed E-state index contributed by atoms with van der Waals surface area (Å²) in [5.41, 5.74) is 4.84. The Balaban J connectivity index is 2.74. The molecule has 0 atom stereocenters. The molecule has 0 unspecified atom stereocenters. The predicted molar refractivity (Wildman–Crippen MR) is 65.5 cm³/mol. The summed E-state index contributed by atoms with van der Waals surface area (Å²) in [5.74, 6) is -0.733. The van der Waals surface area contributed by atoms with Crippen LogP contribution in [0.1, 0.15) is 17.3 Å². The molecule has 0 spiro atoms. The summed E-state index contributed by atoms with van der Waals surface area (Å²) in [5, 5.41) is 0.506. The first-order chi connectivity index (χ1) is 7.00. The summed E-state index contributed by atoms with van der Waals surface area (Å²) in [7, 11) is 0. The third-order valence-electron chi connectivity index (χ3n) is 1.53. The first-order valence-corrected chi connectivity index (χ1v) is 5.48. The van der Waals surface area contributed by atoms with Crippen LogP contribution in [0, 0.1) is 3.57 Å². The highest BCUT2D eigenvalue weighted by Gasteiger charge is 2.07. The van der Waals surface area contributed by atoms with E-state index >= 15 is 0 Å². The number of rotatable bonds is 1. The Labute approximate surface area is 105 Å². The van der Waals surface area contributed by atoms with E-state index in [2.05, 4.69) is 33.4 Å². The predicted octanol–water partition coefficient (Wildman–Crippen LogP) is 1.73. The fourth-order valence-corrected chi connectivity index (χ4v) is 1.37. The van der Waals surface area contributed by atoms with Gasteiger partial charge in [-0.25, -0.2) is 0 Å². The largest absolute Gasteiger partial charge is 0.274 e. The van der Waals surface area contributed by atoms with E-state index in [1.165, 1.54) is 6.92 Å². The van der Waals surface area contributed by atoms with Gasteiger partial charge in [0.05, 0.1) is 5.02 Å². The molecule has 0 aliphatic rings. The summed E-state index contributed by atoms with van der Waals surface area (Å²) in [6.45, 7) is 1.31. The summed E-state index contributed by atoms with van der Waals surface area (Å²) in [6.07, 6.45) is 0. The first kappa shape index (κ1) is 12.3. The molecule has 0 bridgehead atoms. The second kappa shape index (κ2) is 5.32. The molecule has 4 nitrogen and oxygen atoms in total. The highest BCUT2D eigenvalue weighted by molar-refractivity contribution is 14.1. The van der Waals surface area contributed by atoms with Crippen molar-refractivity contribution in [2.45, 2.75) is 6.92 Å². The Bertz CT molecular complexity index is 409. The molecule has 0 aliphatic heterocycles. The Morgan fingerprint density at radius 3 is 2.53 bits per heavy atom. The monoisotopic (exact) mass is 338 g/mol. The summed E-state index contributed by atoms with van der Waals surface area (Å²) < 4.78 is 0.866. The quantitative estimate of drug-likeness (QED) is 0.605. The fourth-order valence-electron chi connectivity index (χ4n) is 0.854. The number of hydrazine groups is 1. The van der Waals surface area contributed by atoms with Gasteiger partial charge in [0.2, 0.25) is 5.91 Å². The molecule has 0 saturated carbocycles. The van der Waals surface area contributed by atoms with Crippen LogP contribution >= 0.6 is 34.2 Å². The molecular formula is C9H8ClIN2O2. The number of nitrogens with one attached hydrogen (secondary N) is 2. The Hall–Kier alpha value is -0.820. The van der Waals surface area contributed by atoms with Crippen LogP contribution < -0.4 is 10.9 Å². The Kier molecular flexibility index (Phi) is 4.34. The van der Waals surface area contributed by atoms with Gasteiger partial charge in [0.15, 0.2) is 0 Å². The van der Waals surface area contributed by atoms with Crippen molar-refractivity contribution in [3.05, 3.63) is 32.4 Å². The third-order valence-corrected chi connectivity index (χ3v) is 3.11. The minimum Gasteiger partial charge on any atom is -0.274 e. The van der Waals surface area contributed by atoms with E-state index in [9.17, 15) is 9.59 Å². The summed E-state index contributed by atoms with van der Waals surface area (Å²) in [4.78, 5) is 22.0. The third kappa shape index (κ3) is 3.67. The zero-order valence-electron chi connectivity index (χ0n) is 7.80. The van der Waals surface area contributed by atoms with Crippen LogP contribution in [0.2, 0.25) is 5.02 Å². The van der Waals surface area contributed by atoms with Gasteiger partial charge in [0.1, 0.15) is 0 Å². The number of carbonyl (C=O) groups is 2. The van der Waals surface area contributed by atoms with Crippen molar-refractivity contribution in [3.63, 3.8) is 0 Å². The van der Waals surface area contributed by atoms with Gasteiger partial charge in [-0.3, -0.25) is 20.4 Å². The second-order valence-corrected chi connectivity index (χ2v) is 4.33. The Morgan fingerprint density at radius 2 is 2.00 bits per heavy atom. The first-order valence-electron chi connectivity index (χ1n) is 4.02. The van der Waals surface area contributed by atoms with Gasteiger partial charge >= 0.3 is 0 Å². The average Bonchev–Trinajstić information content (AvgIpc) is 2.18. The highest BCUT2D eigenvalue weighted by atomic mass is 127. The molecule has 1 aromatic carbocycles. The molecule has 1 rings (SSSR count). The van der Waals surface area contributed by atoms with Gasteiger partial charge in [0.25, 0.3) is 5.91 Å². The SMILES string of the molecule is CC(=O)NNC(=O)c1ccc(I)c(Cl)c1. The van der Waals surface area contributed by atoms with Crippen molar-refractivity contribution in [1.82, 2.24) is 10.9 Å². The minimum absolute atomic E-state index is 0.333. The number of hydrogen-bond donors (Lipinski definition) is 2. The van der Waals surface area contributed by atoms with Crippen LogP contribution in [0.3, 0.4) is 0 Å². The molecule has 2 amide bonds. The van der Waals surface area contributed by atoms with E-state index in [4.69, 9.17) is 11.6 Å². The molecule has 2 N–H and O–H groups in total. The number of carbonyl (C=O) groups excluding carboxylic acids is 2. The number of halogens is 2. The molecule has 80 valence electrons. The van der Waals surface area contributed by atoms with Gasteiger partial charge in [-0.2, -0.15) is 0 Å². The maximum atomic E-state index is 11.4. The lowest BCUT2D eigenvalue weighted by molar-refractivity contribution is -0.119. The molecule has 1 aromatic rings. The number of hydrogen-bond acceptors (Lipinski definition) is 2. The van der Waals surface area contributed by atoms with Crippen LogP contribution in [0.25, 0.3) is 0 Å². The lowest BCUT2D eigenvalue weighted by Crippen LogP contribution is -2.40. The molecule has 0 radical (unpaired) electrons. The van der Waals surface area contributed by atoms with E-state index in [0.29, 0.717) is 10.6 Å². The van der Waals surface area contributed by atoms with Gasteiger partial charge in [-0.1, -0.05) is 11.6 Å². The normalized spacial score (nSPS) is 9.53. The van der Waals surface area contributed by atoms with Crippen LogP contribution in [0.4, 0.5) is 0 Å². The standard InChI is InChI=1S/C9H8ClIN2O2/c1-5(14)12-13-9(15)6-2-3-8(11)7(10)4-6/h2-4H,1H3,(H,12,14)(H,13,15). The zero-order valence-corrected chi connectivity index (χ0v) is 10.7. The molecule has 0 heterocycles. The van der Waals surface area contributed by atoms with Crippen LogP contribution in [-0.4, -0.2) is 11.8 Å². The second-order valence-electron chi connectivity index (χ2n) is 2.76. The maximum Gasteiger partial charge on any atom is 0.269 e. The molecule has 0 aromatic heterocycles. The lowest BCUT2D eigenvalue weighted by Gasteiger charge is -2.05. The maximum absolute atomic E-state index is 11.4. The molecule has 0 fully saturated rings. The minimum atomic E-state index is -0.400. The Morgan fingerprint density at radius 1 is 1.33 bits per heavy atom. The van der Waals surface area contributed by atoms with Gasteiger partial charge in [-0.15, -0.1) is 0 Å². The highest BCUT2D eigenvalue weighted by Crippen LogP contribution is 2.19. The smallest absolute Gasteiger partial charge is 0.269 e. The summed E-state index contributed by atoms with van der Waals surface area (Å²) >= 11 is 7.91. The van der Waals surface area contributed by atoms with E-state index in [-0.39, 0.29) is 5.91 Å². The van der Waals surface area contributed by atoms with E-state index < -0.39 is 5.91 Å². The molecular weight excluding hydrogens is 330 g/mol. The van der Waals surface area contributed by atoms with Crippen molar-refractivity contribution < 1.29 is 9.59 Å². The van der Waals surface area contributed by atoms with Crippen LogP contribution in [0.15, 0.2) is 18.2 Å². The topological polar surface area (TPSA) is 58.2 Å². The van der Waals surface area contributed by atoms with Crippen LogP contribution in [0.5, 0.6) is 0 Å². The van der Waals surface area contributed by atoms with E-state index in [1.807, 2.05) is 0 Å². The summed E-state index contributed by atoms with van der Waals surface area (Å²) in [6, 6.07) is 4.90. The fraction of sp³-hybridized carbons (Fsp3) is 0.111. The van der Waals surface area contributed by atoms with Crippen molar-refractivity contribution in [2.24, 2.45) is 0 Å². The number of amides is 2. The van der Waals surface area contributed by atoms with Crippen molar-refractivity contribution >= 4 is 46.0 Å². The van der Waals surface area contributed by atoms with Crippen molar-refractivity contribution in [1.29, 1.82) is 0 Å². The molecule has 6 heteroatoms. The van der Waals surface area contributed by atoms with Crippen molar-refractivity contribution in [2.75, 3.05) is 0 Å². The zero-order chi connectivity index (χ0) is 11.4. The van der Waals surface area contributed by atoms with Crippen LogP contribution in [-0.2, 0) is 4.79 Å². The van der Waals surface area contributed by atoms with E-state index in [0.717, 1.165) is 3.57 Å². The van der Waals surface area contributed by atoms with E-state index in [1.54, 1.807) is 18.2 Å². The molecule has 15 heavy (non-hydrogen) atoms. The lowest BCUT2D eigenvalue weighted by atomic mass is 10.2. The molecule has 0 aliphatic carbocycles. The van der Waals surface area contributed by atoms with Gasteiger partial charge in [0, 0.05) is 16.1 Å². The molecule has 0 saturated heterocycles. The average molecular weight is 339 g/mol. The van der Waals surface area contributed by atoms with Gasteiger partial charge in [-0.05, 0) is 40.8 Å². The van der Waals surface area contributed by atoms with Crippen molar-refractivity contribution in [3.8, 4) is 0 Å². The van der Waals surface area contributed by atoms with Gasteiger partial charge < -0.3 is 0 Å².